The Morgan fingerprint density at radius 1 is 1.36 bits per heavy atom. The highest BCUT2D eigenvalue weighted by atomic mass is 16.5. The van der Waals surface area contributed by atoms with E-state index in [0.717, 1.165) is 11.1 Å². The molecule has 0 aliphatic heterocycles. The van der Waals surface area contributed by atoms with Gasteiger partial charge in [0.2, 0.25) is 0 Å². The highest BCUT2D eigenvalue weighted by Gasteiger charge is 2.12. The van der Waals surface area contributed by atoms with Gasteiger partial charge in [0.15, 0.2) is 0 Å². The normalized spacial score (nSPS) is 12.6. The van der Waals surface area contributed by atoms with Crippen molar-refractivity contribution in [1.82, 2.24) is 0 Å². The molecule has 78 valence electrons. The lowest BCUT2D eigenvalue weighted by atomic mass is 10.1. The van der Waals surface area contributed by atoms with Crippen molar-refractivity contribution in [2.45, 2.75) is 19.6 Å². The van der Waals surface area contributed by atoms with Crippen molar-refractivity contribution >= 4 is 0 Å². The van der Waals surface area contributed by atoms with Crippen LogP contribution in [0.25, 0.3) is 0 Å². The number of rotatable bonds is 4. The topological polar surface area (TPSA) is 38.7 Å². The molecular formula is C11H16O3. The minimum Gasteiger partial charge on any atom is -0.496 e. The number of hydrogen-bond acceptors (Lipinski definition) is 3. The first-order chi connectivity index (χ1) is 6.70. The summed E-state index contributed by atoms with van der Waals surface area (Å²) in [6.07, 6.45) is -0.526. The van der Waals surface area contributed by atoms with Crippen LogP contribution >= 0.6 is 0 Å². The molecule has 3 nitrogen and oxygen atoms in total. The molecule has 0 bridgehead atoms. The zero-order valence-electron chi connectivity index (χ0n) is 8.78. The summed E-state index contributed by atoms with van der Waals surface area (Å²) in [5.41, 5.74) is 1.75. The zero-order valence-corrected chi connectivity index (χ0v) is 8.78. The van der Waals surface area contributed by atoms with Gasteiger partial charge in [-0.2, -0.15) is 0 Å². The van der Waals surface area contributed by atoms with Gasteiger partial charge >= 0.3 is 0 Å². The molecule has 14 heavy (non-hydrogen) atoms. The molecular weight excluding hydrogens is 180 g/mol. The third-order valence-electron chi connectivity index (χ3n) is 2.08. The van der Waals surface area contributed by atoms with E-state index in [1.807, 2.05) is 18.2 Å². The Balaban J connectivity index is 3.11. The van der Waals surface area contributed by atoms with Gasteiger partial charge in [0, 0.05) is 18.2 Å². The summed E-state index contributed by atoms with van der Waals surface area (Å²) in [5, 5.41) is 9.51. The first-order valence-electron chi connectivity index (χ1n) is 4.53. The summed E-state index contributed by atoms with van der Waals surface area (Å²) < 4.78 is 10.3. The molecule has 0 aromatic heterocycles. The van der Waals surface area contributed by atoms with Gasteiger partial charge in [0.1, 0.15) is 5.75 Å². The van der Waals surface area contributed by atoms with Crippen molar-refractivity contribution in [3.05, 3.63) is 29.3 Å². The molecule has 1 aromatic carbocycles. The van der Waals surface area contributed by atoms with Gasteiger partial charge in [-0.25, -0.2) is 0 Å². The fourth-order valence-electron chi connectivity index (χ4n) is 1.45. The second-order valence-corrected chi connectivity index (χ2v) is 3.15. The van der Waals surface area contributed by atoms with Crippen LogP contribution in [-0.4, -0.2) is 19.3 Å². The first kappa shape index (κ1) is 11.0. The molecule has 0 amide bonds. The number of methoxy groups -OCH3 is 2. The van der Waals surface area contributed by atoms with Gasteiger partial charge in [0.05, 0.1) is 19.8 Å². The van der Waals surface area contributed by atoms with Gasteiger partial charge in [0.25, 0.3) is 0 Å². The molecule has 1 rings (SSSR count). The van der Waals surface area contributed by atoms with Crippen LogP contribution in [0, 0.1) is 0 Å². The maximum absolute atomic E-state index is 9.51. The van der Waals surface area contributed by atoms with Crippen LogP contribution in [0.1, 0.15) is 24.2 Å². The third kappa shape index (κ3) is 2.25. The molecule has 1 unspecified atom stereocenters. The summed E-state index contributed by atoms with van der Waals surface area (Å²) >= 11 is 0. The van der Waals surface area contributed by atoms with Crippen LogP contribution in [-0.2, 0) is 11.3 Å². The summed E-state index contributed by atoms with van der Waals surface area (Å²) in [6.45, 7) is 2.21. The monoisotopic (exact) mass is 196 g/mol. The quantitative estimate of drug-likeness (QED) is 0.799. The Kier molecular flexibility index (Phi) is 3.92. The summed E-state index contributed by atoms with van der Waals surface area (Å²) in [4.78, 5) is 0. The molecule has 1 aromatic rings. The predicted molar refractivity (Wildman–Crippen MR) is 54.3 cm³/mol. The fraction of sp³-hybridized carbons (Fsp3) is 0.455. The van der Waals surface area contributed by atoms with Crippen LogP contribution in [0.3, 0.4) is 0 Å². The van der Waals surface area contributed by atoms with E-state index in [9.17, 15) is 5.11 Å². The molecule has 3 heteroatoms. The van der Waals surface area contributed by atoms with E-state index >= 15 is 0 Å². The zero-order chi connectivity index (χ0) is 10.6. The highest BCUT2D eigenvalue weighted by Crippen LogP contribution is 2.29. The van der Waals surface area contributed by atoms with Gasteiger partial charge in [-0.3, -0.25) is 0 Å². The molecule has 1 N–H and O–H groups in total. The molecule has 0 saturated carbocycles. The Morgan fingerprint density at radius 2 is 2.07 bits per heavy atom. The van der Waals surface area contributed by atoms with Gasteiger partial charge < -0.3 is 14.6 Å². The number of ether oxygens (including phenoxy) is 2. The van der Waals surface area contributed by atoms with Crippen LogP contribution in [0.5, 0.6) is 5.75 Å². The van der Waals surface area contributed by atoms with Crippen molar-refractivity contribution in [2.75, 3.05) is 14.2 Å². The fourth-order valence-corrected chi connectivity index (χ4v) is 1.45. The Labute approximate surface area is 84.3 Å². The number of aliphatic hydroxyl groups is 1. The first-order valence-corrected chi connectivity index (χ1v) is 4.53. The Bertz CT molecular complexity index is 295. The second kappa shape index (κ2) is 4.98. The average molecular weight is 196 g/mol. The molecule has 0 radical (unpaired) electrons. The highest BCUT2D eigenvalue weighted by molar-refractivity contribution is 5.42. The number of para-hydroxylation sites is 1. The van der Waals surface area contributed by atoms with Gasteiger partial charge in [-0.1, -0.05) is 18.2 Å². The Morgan fingerprint density at radius 3 is 2.57 bits per heavy atom. The maximum Gasteiger partial charge on any atom is 0.130 e. The van der Waals surface area contributed by atoms with Crippen LogP contribution in [0.2, 0.25) is 0 Å². The predicted octanol–water partition coefficient (Wildman–Crippen LogP) is 1.89. The largest absolute Gasteiger partial charge is 0.496 e. The SMILES string of the molecule is COCc1cccc(C(C)O)c1OC. The summed E-state index contributed by atoms with van der Waals surface area (Å²) in [6, 6.07) is 5.66. The third-order valence-corrected chi connectivity index (χ3v) is 2.08. The van der Waals surface area contributed by atoms with E-state index in [1.54, 1.807) is 21.1 Å². The van der Waals surface area contributed by atoms with Crippen molar-refractivity contribution in [2.24, 2.45) is 0 Å². The maximum atomic E-state index is 9.51. The Hall–Kier alpha value is -1.06. The molecule has 1 atom stereocenters. The van der Waals surface area contributed by atoms with Crippen molar-refractivity contribution in [3.8, 4) is 5.75 Å². The average Bonchev–Trinajstić information content (AvgIpc) is 2.18. The molecule has 0 spiro atoms. The van der Waals surface area contributed by atoms with Crippen LogP contribution in [0.4, 0.5) is 0 Å². The second-order valence-electron chi connectivity index (χ2n) is 3.15. The van der Waals surface area contributed by atoms with Crippen molar-refractivity contribution < 1.29 is 14.6 Å². The molecule has 0 heterocycles. The molecule has 0 fully saturated rings. The molecule has 0 aliphatic rings. The van der Waals surface area contributed by atoms with E-state index in [0.29, 0.717) is 12.4 Å². The molecule has 0 saturated heterocycles. The minimum absolute atomic E-state index is 0.490. The van der Waals surface area contributed by atoms with Crippen LogP contribution < -0.4 is 4.74 Å². The van der Waals surface area contributed by atoms with E-state index < -0.39 is 6.10 Å². The van der Waals surface area contributed by atoms with Gasteiger partial charge in [-0.15, -0.1) is 0 Å². The lowest BCUT2D eigenvalue weighted by Crippen LogP contribution is -2.01. The van der Waals surface area contributed by atoms with E-state index in [4.69, 9.17) is 9.47 Å². The van der Waals surface area contributed by atoms with Crippen molar-refractivity contribution in [3.63, 3.8) is 0 Å². The van der Waals surface area contributed by atoms with Crippen LogP contribution in [0.15, 0.2) is 18.2 Å². The molecule has 0 aliphatic carbocycles. The standard InChI is InChI=1S/C11H16O3/c1-8(12)10-6-4-5-9(7-13-2)11(10)14-3/h4-6,8,12H,7H2,1-3H3. The number of benzene rings is 1. The number of aliphatic hydroxyl groups excluding tert-OH is 1. The van der Waals surface area contributed by atoms with Crippen molar-refractivity contribution in [1.29, 1.82) is 0 Å². The smallest absolute Gasteiger partial charge is 0.130 e. The van der Waals surface area contributed by atoms with E-state index in [-0.39, 0.29) is 0 Å². The van der Waals surface area contributed by atoms with Gasteiger partial charge in [-0.05, 0) is 6.92 Å². The summed E-state index contributed by atoms with van der Waals surface area (Å²) in [7, 11) is 3.23. The number of hydrogen-bond donors (Lipinski definition) is 1. The summed E-state index contributed by atoms with van der Waals surface area (Å²) in [5.74, 6) is 0.712. The van der Waals surface area contributed by atoms with E-state index in [2.05, 4.69) is 0 Å². The minimum atomic E-state index is -0.526. The van der Waals surface area contributed by atoms with E-state index in [1.165, 1.54) is 0 Å². The lowest BCUT2D eigenvalue weighted by Gasteiger charge is -2.14. The lowest BCUT2D eigenvalue weighted by molar-refractivity contribution is 0.176.